The second kappa shape index (κ2) is 6.58. The molecule has 1 aliphatic rings. The Morgan fingerprint density at radius 2 is 1.88 bits per heavy atom. The zero-order valence-electron chi connectivity index (χ0n) is 14.0. The van der Waals surface area contributed by atoms with Crippen molar-refractivity contribution < 1.29 is 22.8 Å². The van der Waals surface area contributed by atoms with E-state index < -0.39 is 34.1 Å². The van der Waals surface area contributed by atoms with Crippen molar-refractivity contribution in [3.63, 3.8) is 0 Å². The fourth-order valence-corrected chi connectivity index (χ4v) is 3.20. The Bertz CT molecular complexity index is 734. The van der Waals surface area contributed by atoms with E-state index in [0.717, 1.165) is 28.9 Å². The number of hydrogen-bond acceptors (Lipinski definition) is 4. The largest absolute Gasteiger partial charge is 0.417 e. The minimum atomic E-state index is -4.66. The fourth-order valence-electron chi connectivity index (χ4n) is 2.20. The summed E-state index contributed by atoms with van der Waals surface area (Å²) in [4.78, 5) is 24.7. The summed E-state index contributed by atoms with van der Waals surface area (Å²) in [6, 6.07) is 4.09. The van der Waals surface area contributed by atoms with Crippen molar-refractivity contribution in [3.8, 4) is 0 Å². The first kappa shape index (κ1) is 19.1. The monoisotopic (exact) mass is 374 g/mol. The summed E-state index contributed by atoms with van der Waals surface area (Å²) in [6.45, 7) is 3.28. The summed E-state index contributed by atoms with van der Waals surface area (Å²) in [5.74, 6) is -0.884. The van der Waals surface area contributed by atoms with Crippen LogP contribution in [0.5, 0.6) is 0 Å². The van der Waals surface area contributed by atoms with Gasteiger partial charge in [-0.15, -0.1) is 5.10 Å². The Labute approximate surface area is 147 Å². The number of amidine groups is 1. The van der Waals surface area contributed by atoms with E-state index in [2.05, 4.69) is 10.4 Å². The Kier molecular flexibility index (Phi) is 5.03. The fraction of sp³-hybridized carbons (Fsp3) is 0.400. The third kappa shape index (κ3) is 3.73. The van der Waals surface area contributed by atoms with E-state index in [1.165, 1.54) is 31.1 Å². The molecule has 0 fully saturated rings. The molecule has 1 heterocycles. The van der Waals surface area contributed by atoms with E-state index in [9.17, 15) is 22.8 Å². The normalized spacial score (nSPS) is 16.4. The zero-order valence-corrected chi connectivity index (χ0v) is 14.8. The number of thioether (sulfide) groups is 1. The number of benzene rings is 1. The lowest BCUT2D eigenvalue weighted by molar-refractivity contribution is -0.138. The van der Waals surface area contributed by atoms with Crippen LogP contribution < -0.4 is 5.32 Å². The standard InChI is InChI=1S/C15H17F3N4O2S/c1-14(2)22(20-13(25-14)21(4)12(24)19-3)11(23)9-7-5-6-8-10(9)15(16,17)18/h5-8H,1-4H3,(H,19,24). The molecule has 3 amide bonds. The second-order valence-corrected chi connectivity index (χ2v) is 7.27. The van der Waals surface area contributed by atoms with Crippen LogP contribution in [0, 0.1) is 0 Å². The van der Waals surface area contributed by atoms with Crippen molar-refractivity contribution in [3.05, 3.63) is 35.4 Å². The van der Waals surface area contributed by atoms with Gasteiger partial charge in [0.15, 0.2) is 5.17 Å². The molecule has 1 aromatic carbocycles. The third-order valence-electron chi connectivity index (χ3n) is 3.50. The van der Waals surface area contributed by atoms with Crippen molar-refractivity contribution >= 4 is 28.9 Å². The number of amides is 3. The van der Waals surface area contributed by atoms with Crippen LogP contribution in [0.3, 0.4) is 0 Å². The summed E-state index contributed by atoms with van der Waals surface area (Å²) >= 11 is 1.10. The smallest absolute Gasteiger partial charge is 0.341 e. The van der Waals surface area contributed by atoms with Gasteiger partial charge < -0.3 is 5.32 Å². The molecule has 0 bridgehead atoms. The Balaban J connectivity index is 2.42. The lowest BCUT2D eigenvalue weighted by Crippen LogP contribution is -2.39. The van der Waals surface area contributed by atoms with Gasteiger partial charge in [0.05, 0.1) is 11.1 Å². The third-order valence-corrected chi connectivity index (χ3v) is 4.71. The average molecular weight is 374 g/mol. The van der Waals surface area contributed by atoms with Crippen molar-refractivity contribution in [1.29, 1.82) is 0 Å². The number of rotatable bonds is 1. The number of nitrogens with one attached hydrogen (secondary N) is 1. The topological polar surface area (TPSA) is 65.0 Å². The van der Waals surface area contributed by atoms with Crippen LogP contribution in [0.15, 0.2) is 29.4 Å². The molecule has 0 atom stereocenters. The molecular formula is C15H17F3N4O2S. The van der Waals surface area contributed by atoms with Gasteiger partial charge >= 0.3 is 12.2 Å². The van der Waals surface area contributed by atoms with Crippen molar-refractivity contribution in [2.24, 2.45) is 5.10 Å². The number of halogens is 3. The van der Waals surface area contributed by atoms with E-state index in [-0.39, 0.29) is 5.17 Å². The van der Waals surface area contributed by atoms with Gasteiger partial charge in [-0.25, -0.2) is 9.80 Å². The maximum atomic E-state index is 13.2. The molecule has 0 aliphatic carbocycles. The number of hydrogen-bond donors (Lipinski definition) is 1. The summed E-state index contributed by atoms with van der Waals surface area (Å²) in [5, 5.41) is 7.66. The van der Waals surface area contributed by atoms with Crippen LogP contribution in [-0.4, -0.2) is 46.0 Å². The SMILES string of the molecule is CNC(=O)N(C)C1=NN(C(=O)c2ccccc2C(F)(F)F)C(C)(C)S1. The molecule has 2 rings (SSSR count). The summed E-state index contributed by atoms with van der Waals surface area (Å²) in [5.41, 5.74) is -1.51. The number of carbonyl (C=O) groups is 2. The Morgan fingerprint density at radius 3 is 2.44 bits per heavy atom. The Morgan fingerprint density at radius 1 is 1.28 bits per heavy atom. The van der Waals surface area contributed by atoms with Gasteiger partial charge in [0.1, 0.15) is 4.87 Å². The van der Waals surface area contributed by atoms with Crippen LogP contribution in [0.1, 0.15) is 29.8 Å². The maximum Gasteiger partial charge on any atom is 0.417 e. The predicted molar refractivity (Wildman–Crippen MR) is 88.9 cm³/mol. The highest BCUT2D eigenvalue weighted by Crippen LogP contribution is 2.40. The lowest BCUT2D eigenvalue weighted by atomic mass is 10.1. The van der Waals surface area contributed by atoms with Crippen molar-refractivity contribution in [1.82, 2.24) is 15.2 Å². The van der Waals surface area contributed by atoms with E-state index in [1.54, 1.807) is 13.8 Å². The van der Waals surface area contributed by atoms with Gasteiger partial charge in [-0.2, -0.15) is 13.2 Å². The van der Waals surface area contributed by atoms with Gasteiger partial charge in [-0.05, 0) is 26.0 Å². The van der Waals surface area contributed by atoms with Crippen LogP contribution in [0.25, 0.3) is 0 Å². The predicted octanol–water partition coefficient (Wildman–Crippen LogP) is 3.17. The molecule has 6 nitrogen and oxygen atoms in total. The molecule has 25 heavy (non-hydrogen) atoms. The van der Waals surface area contributed by atoms with Gasteiger partial charge in [0, 0.05) is 14.1 Å². The summed E-state index contributed by atoms with van der Waals surface area (Å²) in [7, 11) is 2.89. The van der Waals surface area contributed by atoms with Crippen molar-refractivity contribution in [2.45, 2.75) is 24.9 Å². The highest BCUT2D eigenvalue weighted by atomic mass is 32.2. The number of urea groups is 1. The molecule has 0 radical (unpaired) electrons. The van der Waals surface area contributed by atoms with Crippen molar-refractivity contribution in [2.75, 3.05) is 14.1 Å². The van der Waals surface area contributed by atoms with Crippen LogP contribution in [0.4, 0.5) is 18.0 Å². The first-order chi connectivity index (χ1) is 11.5. The number of carbonyl (C=O) groups excluding carboxylic acids is 2. The number of hydrazone groups is 1. The van der Waals surface area contributed by atoms with Crippen LogP contribution in [0.2, 0.25) is 0 Å². The molecule has 0 unspecified atom stereocenters. The number of nitrogens with zero attached hydrogens (tertiary/aromatic N) is 3. The molecular weight excluding hydrogens is 357 g/mol. The van der Waals surface area contributed by atoms with Crippen LogP contribution in [-0.2, 0) is 6.18 Å². The van der Waals surface area contributed by atoms with Gasteiger partial charge in [-0.3, -0.25) is 9.69 Å². The van der Waals surface area contributed by atoms with E-state index in [4.69, 9.17) is 0 Å². The maximum absolute atomic E-state index is 13.2. The quantitative estimate of drug-likeness (QED) is 0.821. The lowest BCUT2D eigenvalue weighted by Gasteiger charge is -2.28. The second-order valence-electron chi connectivity index (χ2n) is 5.71. The van der Waals surface area contributed by atoms with Crippen LogP contribution >= 0.6 is 11.8 Å². The zero-order chi connectivity index (χ0) is 19.0. The first-order valence-electron chi connectivity index (χ1n) is 7.23. The van der Waals surface area contributed by atoms with Gasteiger partial charge in [0.2, 0.25) is 0 Å². The molecule has 0 saturated heterocycles. The summed E-state index contributed by atoms with van der Waals surface area (Å²) < 4.78 is 39.5. The first-order valence-corrected chi connectivity index (χ1v) is 8.04. The Hall–Kier alpha value is -2.23. The van der Waals surface area contributed by atoms with E-state index >= 15 is 0 Å². The molecule has 10 heteroatoms. The van der Waals surface area contributed by atoms with Gasteiger partial charge in [0.25, 0.3) is 5.91 Å². The van der Waals surface area contributed by atoms with E-state index in [0.29, 0.717) is 0 Å². The minimum Gasteiger partial charge on any atom is -0.341 e. The van der Waals surface area contributed by atoms with Gasteiger partial charge in [-0.1, -0.05) is 23.9 Å². The molecule has 1 N–H and O–H groups in total. The minimum absolute atomic E-state index is 0.210. The molecule has 1 aromatic rings. The number of alkyl halides is 3. The molecule has 0 spiro atoms. The highest BCUT2D eigenvalue weighted by molar-refractivity contribution is 8.15. The molecule has 0 aromatic heterocycles. The summed E-state index contributed by atoms with van der Waals surface area (Å²) in [6.07, 6.45) is -4.66. The van der Waals surface area contributed by atoms with E-state index in [1.807, 2.05) is 0 Å². The molecule has 0 saturated carbocycles. The molecule has 1 aliphatic heterocycles. The highest BCUT2D eigenvalue weighted by Gasteiger charge is 2.44. The molecule has 136 valence electrons. The average Bonchev–Trinajstić information content (AvgIpc) is 2.87.